The first kappa shape index (κ1) is 27.8. The normalized spacial score (nSPS) is 11.0. The van der Waals surface area contributed by atoms with Crippen molar-refractivity contribution in [2.24, 2.45) is 0 Å². The summed E-state index contributed by atoms with van der Waals surface area (Å²) in [6.45, 7) is 7.57. The number of hydrogen-bond acceptors (Lipinski definition) is 8. The van der Waals surface area contributed by atoms with Crippen molar-refractivity contribution in [1.82, 2.24) is 14.7 Å². The highest BCUT2D eigenvalue weighted by atomic mass is 31.2. The van der Waals surface area contributed by atoms with Crippen LogP contribution >= 0.6 is 7.82 Å². The predicted octanol–water partition coefficient (Wildman–Crippen LogP) is 4.97. The second-order valence-corrected chi connectivity index (χ2v) is 9.23. The second-order valence-electron chi connectivity index (χ2n) is 7.78. The highest BCUT2D eigenvalue weighted by molar-refractivity contribution is 7.47. The highest BCUT2D eigenvalue weighted by Gasteiger charge is 2.21. The number of amides is 1. The van der Waals surface area contributed by atoms with Gasteiger partial charge in [0.25, 0.3) is 5.91 Å². The summed E-state index contributed by atoms with van der Waals surface area (Å²) in [5.41, 5.74) is 3.98. The van der Waals surface area contributed by atoms with Gasteiger partial charge in [-0.25, -0.2) is 9.55 Å². The molecule has 0 radical (unpaired) electrons. The molecule has 0 aliphatic rings. The third-order valence-electron chi connectivity index (χ3n) is 5.13. The van der Waals surface area contributed by atoms with Gasteiger partial charge >= 0.3 is 7.82 Å². The van der Waals surface area contributed by atoms with Gasteiger partial charge in [-0.15, -0.1) is 0 Å². The largest absolute Gasteiger partial charge is 0.472 e. The number of anilines is 1. The molecular weight excluding hydrogens is 497 g/mol. The first-order valence-electron chi connectivity index (χ1n) is 11.5. The van der Waals surface area contributed by atoms with E-state index in [0.29, 0.717) is 40.6 Å². The first-order chi connectivity index (χ1) is 17.7. The summed E-state index contributed by atoms with van der Waals surface area (Å²) in [7, 11) is -3.69. The quantitative estimate of drug-likeness (QED) is 0.304. The van der Waals surface area contributed by atoms with Gasteiger partial charge < -0.3 is 14.0 Å². The molecule has 2 aromatic heterocycles. The van der Waals surface area contributed by atoms with E-state index in [9.17, 15) is 9.36 Å². The number of rotatable bonds is 8. The van der Waals surface area contributed by atoms with E-state index in [1.165, 1.54) is 0 Å². The van der Waals surface area contributed by atoms with Gasteiger partial charge in [0.15, 0.2) is 0 Å². The van der Waals surface area contributed by atoms with Crippen LogP contribution < -0.4 is 5.32 Å². The predicted molar refractivity (Wildman–Crippen MR) is 137 cm³/mol. The monoisotopic (exact) mass is 525 g/mol. The summed E-state index contributed by atoms with van der Waals surface area (Å²) in [6, 6.07) is 17.3. The van der Waals surface area contributed by atoms with Crippen molar-refractivity contribution in [1.29, 1.82) is 5.26 Å². The van der Waals surface area contributed by atoms with Gasteiger partial charge in [0.1, 0.15) is 11.3 Å². The number of nitriles is 1. The fourth-order valence-electron chi connectivity index (χ4n) is 3.56. The Balaban J connectivity index is 0.000000364. The molecule has 0 spiro atoms. The van der Waals surface area contributed by atoms with Crippen molar-refractivity contribution in [3.63, 3.8) is 0 Å². The maximum absolute atomic E-state index is 12.8. The smallest absolute Gasteiger partial charge is 0.361 e. The number of nitrogens with zero attached hydrogens (tertiary/aromatic N) is 4. The van der Waals surface area contributed by atoms with Gasteiger partial charge in [0.2, 0.25) is 5.95 Å². The number of carbonyl (C=O) groups excluding carboxylic acids is 1. The minimum atomic E-state index is -3.69. The zero-order valence-corrected chi connectivity index (χ0v) is 21.9. The molecule has 1 amide bonds. The van der Waals surface area contributed by atoms with Gasteiger partial charge in [-0.05, 0) is 51.5 Å². The molecule has 194 valence electrons. The molecule has 2 N–H and O–H groups in total. The summed E-state index contributed by atoms with van der Waals surface area (Å²) >= 11 is 0. The molecule has 0 aliphatic carbocycles. The molecule has 0 fully saturated rings. The number of imidazole rings is 1. The fraction of sp³-hybridized carbons (Fsp3) is 0.280. The van der Waals surface area contributed by atoms with Crippen molar-refractivity contribution in [3.05, 3.63) is 76.7 Å². The summed E-state index contributed by atoms with van der Waals surface area (Å²) in [5.74, 6) is 0.521. The average molecular weight is 526 g/mol. The van der Waals surface area contributed by atoms with Crippen molar-refractivity contribution >= 4 is 30.7 Å². The maximum atomic E-state index is 12.8. The van der Waals surface area contributed by atoms with Crippen molar-refractivity contribution in [2.45, 2.75) is 34.2 Å². The van der Waals surface area contributed by atoms with Crippen molar-refractivity contribution in [2.75, 3.05) is 18.5 Å². The molecular formula is C25H28N5O6P. The third-order valence-corrected chi connectivity index (χ3v) is 6.30. The van der Waals surface area contributed by atoms with Crippen LogP contribution in [0.5, 0.6) is 0 Å². The first-order valence-corrected chi connectivity index (χ1v) is 13.0. The lowest BCUT2D eigenvalue weighted by molar-refractivity contribution is 0.102. The van der Waals surface area contributed by atoms with Crippen LogP contribution in [0.2, 0.25) is 0 Å². The van der Waals surface area contributed by atoms with Crippen LogP contribution in [0, 0.1) is 25.2 Å². The molecule has 2 heterocycles. The number of aromatic nitrogens is 3. The van der Waals surface area contributed by atoms with E-state index in [2.05, 4.69) is 30.6 Å². The Hall–Kier alpha value is -3.81. The number of fused-ring (bicyclic) bond motifs is 1. The van der Waals surface area contributed by atoms with Crippen LogP contribution in [-0.4, -0.2) is 38.7 Å². The van der Waals surface area contributed by atoms with Crippen LogP contribution in [0.4, 0.5) is 5.95 Å². The number of phosphoric ester groups is 1. The van der Waals surface area contributed by atoms with Crippen LogP contribution in [0.1, 0.15) is 46.8 Å². The molecule has 0 saturated carbocycles. The summed E-state index contributed by atoms with van der Waals surface area (Å²) in [4.78, 5) is 26.0. The van der Waals surface area contributed by atoms with Gasteiger partial charge in [0, 0.05) is 0 Å². The Morgan fingerprint density at radius 3 is 2.41 bits per heavy atom. The lowest BCUT2D eigenvalue weighted by atomic mass is 10.2. The SMILES string of the molecule is CCOP(=O)(O)OCC.Cc1noc(C)c1C(=O)Nc1nc2cc(C#N)ccc2n1Cc1ccccc1. The molecule has 0 saturated heterocycles. The minimum absolute atomic E-state index is 0.188. The zero-order chi connectivity index (χ0) is 27.0. The number of aryl methyl sites for hydroxylation is 2. The van der Waals surface area contributed by atoms with Gasteiger partial charge in [-0.1, -0.05) is 35.5 Å². The molecule has 2 aromatic carbocycles. The van der Waals surface area contributed by atoms with Crippen LogP contribution in [-0.2, 0) is 20.2 Å². The molecule has 0 atom stereocenters. The molecule has 12 heteroatoms. The lowest BCUT2D eigenvalue weighted by Crippen LogP contribution is -2.17. The standard InChI is InChI=1S/C21H17N5O2.C4H11O4P/c1-13-19(14(2)28-25-13)20(27)24-21-23-17-10-16(11-22)8-9-18(17)26(21)12-15-6-4-3-5-7-15;1-3-7-9(5,6)8-4-2/h3-10H,12H2,1-2H3,(H,23,24,27);3-4H2,1-2H3,(H,5,6). The summed E-state index contributed by atoms with van der Waals surface area (Å²) in [6.07, 6.45) is 0. The Kier molecular flexibility index (Phi) is 9.33. The Labute approximate surface area is 214 Å². The molecule has 4 rings (SSSR count). The van der Waals surface area contributed by atoms with E-state index >= 15 is 0 Å². The highest BCUT2D eigenvalue weighted by Crippen LogP contribution is 2.42. The third kappa shape index (κ3) is 7.12. The molecule has 4 aromatic rings. The van der Waals surface area contributed by atoms with Crippen LogP contribution in [0.15, 0.2) is 53.1 Å². The molecule has 37 heavy (non-hydrogen) atoms. The van der Waals surface area contributed by atoms with Crippen molar-refractivity contribution < 1.29 is 27.8 Å². The number of phosphoric acid groups is 1. The van der Waals surface area contributed by atoms with E-state index in [-0.39, 0.29) is 19.1 Å². The molecule has 11 nitrogen and oxygen atoms in total. The van der Waals surface area contributed by atoms with Gasteiger partial charge in [-0.2, -0.15) is 5.26 Å². The van der Waals surface area contributed by atoms with E-state index in [4.69, 9.17) is 14.7 Å². The van der Waals surface area contributed by atoms with Gasteiger partial charge in [-0.3, -0.25) is 19.2 Å². The lowest BCUT2D eigenvalue weighted by Gasteiger charge is -2.10. The van der Waals surface area contributed by atoms with E-state index in [0.717, 1.165) is 11.1 Å². The topological polar surface area (TPSA) is 153 Å². The number of hydrogen-bond donors (Lipinski definition) is 2. The Bertz CT molecular complexity index is 1430. The second kappa shape index (κ2) is 12.4. The molecule has 0 bridgehead atoms. The molecule has 0 unspecified atom stereocenters. The van der Waals surface area contributed by atoms with Crippen molar-refractivity contribution in [3.8, 4) is 6.07 Å². The molecule has 0 aliphatic heterocycles. The summed E-state index contributed by atoms with van der Waals surface area (Å²) in [5, 5.41) is 15.9. The van der Waals surface area contributed by atoms with E-state index < -0.39 is 7.82 Å². The zero-order valence-electron chi connectivity index (χ0n) is 21.0. The number of nitrogens with one attached hydrogen (secondary N) is 1. The Morgan fingerprint density at radius 2 is 1.84 bits per heavy atom. The number of benzene rings is 2. The minimum Gasteiger partial charge on any atom is -0.361 e. The van der Waals surface area contributed by atoms with Crippen LogP contribution in [0.25, 0.3) is 11.0 Å². The number of carbonyl (C=O) groups is 1. The summed E-state index contributed by atoms with van der Waals surface area (Å²) < 4.78 is 26.3. The van der Waals surface area contributed by atoms with E-state index in [1.54, 1.807) is 39.8 Å². The van der Waals surface area contributed by atoms with Crippen LogP contribution in [0.3, 0.4) is 0 Å². The maximum Gasteiger partial charge on any atom is 0.472 e. The average Bonchev–Trinajstić information content (AvgIpc) is 3.37. The van der Waals surface area contributed by atoms with E-state index in [1.807, 2.05) is 41.0 Å². The Morgan fingerprint density at radius 1 is 1.16 bits per heavy atom. The fourth-order valence-corrected chi connectivity index (χ4v) is 4.28. The van der Waals surface area contributed by atoms with Gasteiger partial charge in [0.05, 0.1) is 48.1 Å².